The SMILES string of the molecule is CCCN1CCCC(n2cc(C(=O)O)nn2)C1. The number of likely N-dealkylation sites (tertiary alicyclic amines) is 1. The van der Waals surface area contributed by atoms with Crippen LogP contribution in [0.25, 0.3) is 0 Å². The van der Waals surface area contributed by atoms with Crippen LogP contribution in [0.4, 0.5) is 0 Å². The second kappa shape index (κ2) is 5.27. The molecule has 17 heavy (non-hydrogen) atoms. The summed E-state index contributed by atoms with van der Waals surface area (Å²) in [6.45, 7) is 5.33. The summed E-state index contributed by atoms with van der Waals surface area (Å²) in [4.78, 5) is 13.1. The molecule has 1 aromatic rings. The molecule has 1 unspecified atom stereocenters. The van der Waals surface area contributed by atoms with Crippen molar-refractivity contribution in [3.63, 3.8) is 0 Å². The molecular weight excluding hydrogens is 220 g/mol. The molecule has 1 aliphatic rings. The van der Waals surface area contributed by atoms with E-state index in [0.29, 0.717) is 0 Å². The van der Waals surface area contributed by atoms with E-state index in [-0.39, 0.29) is 11.7 Å². The van der Waals surface area contributed by atoms with Gasteiger partial charge in [-0.05, 0) is 32.4 Å². The Balaban J connectivity index is 2.02. The highest BCUT2D eigenvalue weighted by atomic mass is 16.4. The Kier molecular flexibility index (Phi) is 3.73. The van der Waals surface area contributed by atoms with Crippen molar-refractivity contribution in [2.45, 2.75) is 32.2 Å². The molecule has 1 fully saturated rings. The molecule has 1 aromatic heterocycles. The van der Waals surface area contributed by atoms with Crippen LogP contribution in [0.1, 0.15) is 42.7 Å². The van der Waals surface area contributed by atoms with Crippen LogP contribution in [-0.4, -0.2) is 50.6 Å². The number of hydrogen-bond acceptors (Lipinski definition) is 4. The van der Waals surface area contributed by atoms with Gasteiger partial charge in [-0.2, -0.15) is 0 Å². The van der Waals surface area contributed by atoms with Crippen molar-refractivity contribution in [3.05, 3.63) is 11.9 Å². The van der Waals surface area contributed by atoms with E-state index in [2.05, 4.69) is 22.1 Å². The van der Waals surface area contributed by atoms with Crippen LogP contribution in [0, 0.1) is 0 Å². The molecule has 1 saturated heterocycles. The molecule has 94 valence electrons. The molecule has 0 spiro atoms. The van der Waals surface area contributed by atoms with Crippen LogP contribution < -0.4 is 0 Å². The van der Waals surface area contributed by atoms with Crippen LogP contribution in [-0.2, 0) is 0 Å². The Morgan fingerprint density at radius 1 is 1.65 bits per heavy atom. The van der Waals surface area contributed by atoms with Crippen LogP contribution >= 0.6 is 0 Å². The highest BCUT2D eigenvalue weighted by Gasteiger charge is 2.22. The first-order valence-corrected chi connectivity index (χ1v) is 6.08. The lowest BCUT2D eigenvalue weighted by Gasteiger charge is -2.32. The first-order chi connectivity index (χ1) is 8.20. The average Bonchev–Trinajstić information content (AvgIpc) is 2.79. The van der Waals surface area contributed by atoms with Crippen molar-refractivity contribution in [2.24, 2.45) is 0 Å². The lowest BCUT2D eigenvalue weighted by molar-refractivity contribution is 0.0690. The topological polar surface area (TPSA) is 71.2 Å². The fourth-order valence-corrected chi connectivity index (χ4v) is 2.32. The summed E-state index contributed by atoms with van der Waals surface area (Å²) < 4.78 is 1.70. The van der Waals surface area contributed by atoms with Crippen LogP contribution in [0.2, 0.25) is 0 Å². The minimum atomic E-state index is -1.02. The quantitative estimate of drug-likeness (QED) is 0.848. The van der Waals surface area contributed by atoms with Gasteiger partial charge in [-0.25, -0.2) is 9.48 Å². The maximum absolute atomic E-state index is 10.7. The standard InChI is InChI=1S/C11H18N4O2/c1-2-5-14-6-3-4-9(7-14)15-8-10(11(16)17)12-13-15/h8-9H,2-7H2,1H3,(H,16,17). The van der Waals surface area contributed by atoms with Gasteiger partial charge in [0.05, 0.1) is 12.2 Å². The second-order valence-corrected chi connectivity index (χ2v) is 4.49. The van der Waals surface area contributed by atoms with E-state index in [1.807, 2.05) is 0 Å². The molecule has 1 aliphatic heterocycles. The summed E-state index contributed by atoms with van der Waals surface area (Å²) in [5.41, 5.74) is 0.0256. The number of aromatic carboxylic acids is 1. The fraction of sp³-hybridized carbons (Fsp3) is 0.727. The molecule has 0 saturated carbocycles. The number of piperidine rings is 1. The molecule has 1 N–H and O–H groups in total. The van der Waals surface area contributed by atoms with E-state index in [4.69, 9.17) is 5.11 Å². The Bertz CT molecular complexity index is 389. The molecule has 2 rings (SSSR count). The van der Waals surface area contributed by atoms with Crippen LogP contribution in [0.5, 0.6) is 0 Å². The third kappa shape index (κ3) is 2.82. The zero-order chi connectivity index (χ0) is 12.3. The molecule has 0 aliphatic carbocycles. The third-order valence-corrected chi connectivity index (χ3v) is 3.12. The summed E-state index contributed by atoms with van der Waals surface area (Å²) in [5, 5.41) is 16.4. The van der Waals surface area contributed by atoms with Gasteiger partial charge in [-0.1, -0.05) is 12.1 Å². The number of rotatable bonds is 4. The minimum absolute atomic E-state index is 0.0256. The fourth-order valence-electron chi connectivity index (χ4n) is 2.32. The van der Waals surface area contributed by atoms with Crippen molar-refractivity contribution in [2.75, 3.05) is 19.6 Å². The van der Waals surface area contributed by atoms with Gasteiger partial charge < -0.3 is 10.0 Å². The van der Waals surface area contributed by atoms with E-state index < -0.39 is 5.97 Å². The van der Waals surface area contributed by atoms with Gasteiger partial charge in [0, 0.05) is 6.54 Å². The van der Waals surface area contributed by atoms with Gasteiger partial charge >= 0.3 is 5.97 Å². The second-order valence-electron chi connectivity index (χ2n) is 4.49. The number of hydrogen-bond donors (Lipinski definition) is 1. The Morgan fingerprint density at radius 2 is 2.47 bits per heavy atom. The largest absolute Gasteiger partial charge is 0.476 e. The zero-order valence-corrected chi connectivity index (χ0v) is 10.0. The summed E-state index contributed by atoms with van der Waals surface area (Å²) >= 11 is 0. The number of carbonyl (C=O) groups is 1. The van der Waals surface area contributed by atoms with Gasteiger partial charge in [0.15, 0.2) is 5.69 Å². The van der Waals surface area contributed by atoms with E-state index >= 15 is 0 Å². The smallest absolute Gasteiger partial charge is 0.358 e. The molecule has 1 atom stereocenters. The van der Waals surface area contributed by atoms with Gasteiger partial charge in [-0.3, -0.25) is 0 Å². The van der Waals surface area contributed by atoms with E-state index in [1.165, 1.54) is 6.20 Å². The maximum Gasteiger partial charge on any atom is 0.358 e. The lowest BCUT2D eigenvalue weighted by atomic mass is 10.1. The first kappa shape index (κ1) is 12.0. The summed E-state index contributed by atoms with van der Waals surface area (Å²) in [6, 6.07) is 0.260. The van der Waals surface area contributed by atoms with Crippen LogP contribution in [0.3, 0.4) is 0 Å². The highest BCUT2D eigenvalue weighted by Crippen LogP contribution is 2.20. The molecule has 6 heteroatoms. The Hall–Kier alpha value is -1.43. The van der Waals surface area contributed by atoms with Gasteiger partial charge in [0.2, 0.25) is 0 Å². The average molecular weight is 238 g/mol. The lowest BCUT2D eigenvalue weighted by Crippen LogP contribution is -2.37. The highest BCUT2D eigenvalue weighted by molar-refractivity contribution is 5.84. The minimum Gasteiger partial charge on any atom is -0.476 e. The van der Waals surface area contributed by atoms with Crippen molar-refractivity contribution >= 4 is 5.97 Å². The summed E-state index contributed by atoms with van der Waals surface area (Å²) in [6.07, 6.45) is 4.85. The normalized spacial score (nSPS) is 21.6. The zero-order valence-electron chi connectivity index (χ0n) is 10.0. The maximum atomic E-state index is 10.7. The van der Waals surface area contributed by atoms with Gasteiger partial charge in [0.1, 0.15) is 0 Å². The molecule has 6 nitrogen and oxygen atoms in total. The molecule has 0 bridgehead atoms. The monoisotopic (exact) mass is 238 g/mol. The van der Waals surface area contributed by atoms with Crippen LogP contribution in [0.15, 0.2) is 6.20 Å². The number of aromatic nitrogens is 3. The number of carboxylic acids is 1. The Labute approximate surface area is 100 Å². The molecular formula is C11H18N4O2. The van der Waals surface area contributed by atoms with Gasteiger partial charge in [0.25, 0.3) is 0 Å². The van der Waals surface area contributed by atoms with E-state index in [1.54, 1.807) is 4.68 Å². The molecule has 2 heterocycles. The number of nitrogens with zero attached hydrogens (tertiary/aromatic N) is 4. The van der Waals surface area contributed by atoms with Crippen molar-refractivity contribution in [1.29, 1.82) is 0 Å². The summed E-state index contributed by atoms with van der Waals surface area (Å²) in [7, 11) is 0. The molecule has 0 amide bonds. The Morgan fingerprint density at radius 3 is 3.12 bits per heavy atom. The first-order valence-electron chi connectivity index (χ1n) is 6.08. The van der Waals surface area contributed by atoms with Crippen molar-refractivity contribution in [3.8, 4) is 0 Å². The summed E-state index contributed by atoms with van der Waals surface area (Å²) in [5.74, 6) is -1.02. The predicted octanol–water partition coefficient (Wildman–Crippen LogP) is 1.02. The van der Waals surface area contributed by atoms with Crippen molar-refractivity contribution in [1.82, 2.24) is 19.9 Å². The van der Waals surface area contributed by atoms with E-state index in [0.717, 1.165) is 38.9 Å². The predicted molar refractivity (Wildman–Crippen MR) is 62.0 cm³/mol. The van der Waals surface area contributed by atoms with Gasteiger partial charge in [-0.15, -0.1) is 5.10 Å². The van der Waals surface area contributed by atoms with Crippen molar-refractivity contribution < 1.29 is 9.90 Å². The van der Waals surface area contributed by atoms with E-state index in [9.17, 15) is 4.79 Å². The molecule has 0 radical (unpaired) electrons. The third-order valence-electron chi connectivity index (χ3n) is 3.12. The molecule has 0 aromatic carbocycles. The number of carboxylic acid groups (broad SMARTS) is 1.